The molecule has 3 aromatic rings. The average Bonchev–Trinajstić information content (AvgIpc) is 3.46. The predicted molar refractivity (Wildman–Crippen MR) is 123 cm³/mol. The minimum Gasteiger partial charge on any atom is -0.468 e. The van der Waals surface area contributed by atoms with Gasteiger partial charge in [-0.05, 0) is 68.2 Å². The number of amides is 1. The summed E-state index contributed by atoms with van der Waals surface area (Å²) in [5.74, 6) is 0.970. The molecule has 1 aromatic carbocycles. The number of hydrogen-bond acceptors (Lipinski definition) is 7. The number of nitrogens with one attached hydrogen (secondary N) is 2. The van der Waals surface area contributed by atoms with Gasteiger partial charge in [0.05, 0.1) is 23.4 Å². The molecule has 2 aromatic heterocycles. The van der Waals surface area contributed by atoms with Crippen molar-refractivity contribution in [2.75, 3.05) is 18.4 Å². The summed E-state index contributed by atoms with van der Waals surface area (Å²) in [6, 6.07) is 9.16. The van der Waals surface area contributed by atoms with E-state index in [-0.39, 0.29) is 17.3 Å². The minimum atomic E-state index is -3.71. The van der Waals surface area contributed by atoms with E-state index >= 15 is 0 Å². The molecule has 32 heavy (non-hydrogen) atoms. The lowest BCUT2D eigenvalue weighted by Crippen LogP contribution is -2.32. The average molecular weight is 475 g/mol. The Morgan fingerprint density at radius 1 is 1.22 bits per heavy atom. The van der Waals surface area contributed by atoms with Crippen molar-refractivity contribution in [1.82, 2.24) is 14.6 Å². The largest absolute Gasteiger partial charge is 0.468 e. The van der Waals surface area contributed by atoms with Crippen molar-refractivity contribution in [1.29, 1.82) is 0 Å². The Balaban J connectivity index is 1.32. The Morgan fingerprint density at radius 2 is 1.97 bits per heavy atom. The van der Waals surface area contributed by atoms with E-state index in [1.54, 1.807) is 12.1 Å². The number of nitrogens with zero attached hydrogens (tertiary/aromatic N) is 2. The third kappa shape index (κ3) is 5.83. The molecule has 2 N–H and O–H groups in total. The van der Waals surface area contributed by atoms with Crippen molar-refractivity contribution >= 4 is 32.4 Å². The molecule has 0 aliphatic carbocycles. The maximum atomic E-state index is 12.6. The monoisotopic (exact) mass is 474 g/mol. The summed E-state index contributed by atoms with van der Waals surface area (Å²) in [4.78, 5) is 19.5. The van der Waals surface area contributed by atoms with Crippen molar-refractivity contribution in [3.8, 4) is 0 Å². The molecule has 8 nitrogen and oxygen atoms in total. The molecule has 4 rings (SSSR count). The lowest BCUT2D eigenvalue weighted by molar-refractivity contribution is 0.102. The second kappa shape index (κ2) is 9.95. The van der Waals surface area contributed by atoms with Gasteiger partial charge in [0, 0.05) is 17.5 Å². The third-order valence-electron chi connectivity index (χ3n) is 5.48. The number of thiazole rings is 1. The first-order chi connectivity index (χ1) is 15.4. The number of rotatable bonds is 8. The van der Waals surface area contributed by atoms with Crippen LogP contribution >= 0.6 is 11.3 Å². The van der Waals surface area contributed by atoms with Gasteiger partial charge >= 0.3 is 0 Å². The number of aromatic nitrogens is 1. The highest BCUT2D eigenvalue weighted by Gasteiger charge is 2.18. The molecule has 10 heteroatoms. The van der Waals surface area contributed by atoms with E-state index in [4.69, 9.17) is 4.42 Å². The van der Waals surface area contributed by atoms with Crippen molar-refractivity contribution in [2.24, 2.45) is 5.92 Å². The first-order valence-corrected chi connectivity index (χ1v) is 12.9. The highest BCUT2D eigenvalue weighted by Crippen LogP contribution is 2.21. The Kier molecular flexibility index (Phi) is 7.04. The standard InChI is InChI=1S/C22H26N4O4S2/c1-16-8-10-26(11-9-16)14-18-15-31-22(24-18)25-21(27)17-4-6-20(7-5-17)32(28,29)23-13-19-3-2-12-30-19/h2-7,12,15-16,23H,8-11,13-14H2,1H3,(H,24,25,27). The lowest BCUT2D eigenvalue weighted by Gasteiger charge is -2.29. The summed E-state index contributed by atoms with van der Waals surface area (Å²) in [7, 11) is -3.71. The van der Waals surface area contributed by atoms with Crippen molar-refractivity contribution < 1.29 is 17.6 Å². The molecule has 1 saturated heterocycles. The van der Waals surface area contributed by atoms with Crippen LogP contribution in [0.5, 0.6) is 0 Å². The number of anilines is 1. The maximum absolute atomic E-state index is 12.6. The maximum Gasteiger partial charge on any atom is 0.257 e. The van der Waals surface area contributed by atoms with Crippen molar-refractivity contribution in [3.05, 3.63) is 65.1 Å². The number of carbonyl (C=O) groups is 1. The topological polar surface area (TPSA) is 105 Å². The molecule has 3 heterocycles. The van der Waals surface area contributed by atoms with E-state index in [2.05, 4.69) is 26.8 Å². The summed E-state index contributed by atoms with van der Waals surface area (Å²) in [5.41, 5.74) is 1.31. The first-order valence-electron chi connectivity index (χ1n) is 10.5. The van der Waals surface area contributed by atoms with Gasteiger partial charge in [-0.2, -0.15) is 0 Å². The van der Waals surface area contributed by atoms with Gasteiger partial charge in [-0.25, -0.2) is 18.1 Å². The predicted octanol–water partition coefficient (Wildman–Crippen LogP) is 3.70. The van der Waals surface area contributed by atoms with Crippen LogP contribution in [-0.2, 0) is 23.1 Å². The Bertz CT molecular complexity index is 1130. The van der Waals surface area contributed by atoms with Crippen LogP contribution in [0.2, 0.25) is 0 Å². The van der Waals surface area contributed by atoms with E-state index < -0.39 is 10.0 Å². The Labute approximate surface area is 191 Å². The Morgan fingerprint density at radius 3 is 2.66 bits per heavy atom. The molecule has 1 aliphatic heterocycles. The summed E-state index contributed by atoms with van der Waals surface area (Å²) in [6.07, 6.45) is 3.90. The normalized spacial score (nSPS) is 15.7. The molecular weight excluding hydrogens is 448 g/mol. The molecule has 170 valence electrons. The number of likely N-dealkylation sites (tertiary alicyclic amines) is 1. The number of furan rings is 1. The van der Waals surface area contributed by atoms with E-state index in [9.17, 15) is 13.2 Å². The SMILES string of the molecule is CC1CCN(Cc2csc(NC(=O)c3ccc(S(=O)(=O)NCc4ccco4)cc3)n2)CC1. The third-order valence-corrected chi connectivity index (χ3v) is 7.70. The van der Waals surface area contributed by atoms with Crippen LogP contribution in [0.15, 0.2) is 57.4 Å². The van der Waals surface area contributed by atoms with Gasteiger partial charge in [0.1, 0.15) is 5.76 Å². The zero-order valence-electron chi connectivity index (χ0n) is 17.8. The summed E-state index contributed by atoms with van der Waals surface area (Å²) in [5, 5.41) is 5.30. The number of sulfonamides is 1. The quantitative estimate of drug-likeness (QED) is 0.516. The van der Waals surface area contributed by atoms with Crippen LogP contribution in [-0.4, -0.2) is 37.3 Å². The molecule has 0 bridgehead atoms. The van der Waals surface area contributed by atoms with Crippen LogP contribution in [0.4, 0.5) is 5.13 Å². The fourth-order valence-corrected chi connectivity index (χ4v) is 5.19. The number of hydrogen-bond donors (Lipinski definition) is 2. The molecule has 0 radical (unpaired) electrons. The van der Waals surface area contributed by atoms with E-state index in [0.29, 0.717) is 16.5 Å². The molecule has 0 spiro atoms. The van der Waals surface area contributed by atoms with Crippen LogP contribution in [0, 0.1) is 5.92 Å². The molecular formula is C22H26N4O4S2. The fourth-order valence-electron chi connectivity index (χ4n) is 3.50. The summed E-state index contributed by atoms with van der Waals surface area (Å²) < 4.78 is 32.4. The van der Waals surface area contributed by atoms with Gasteiger partial charge < -0.3 is 4.42 Å². The molecule has 0 unspecified atom stereocenters. The van der Waals surface area contributed by atoms with Crippen LogP contribution in [0.25, 0.3) is 0 Å². The smallest absolute Gasteiger partial charge is 0.257 e. The molecule has 1 amide bonds. The molecule has 1 fully saturated rings. The van der Waals surface area contributed by atoms with Gasteiger partial charge in [-0.15, -0.1) is 11.3 Å². The molecule has 0 atom stereocenters. The van der Waals surface area contributed by atoms with Gasteiger partial charge in [0.2, 0.25) is 10.0 Å². The fraction of sp³-hybridized carbons (Fsp3) is 0.364. The van der Waals surface area contributed by atoms with E-state index in [1.165, 1.54) is 54.7 Å². The van der Waals surface area contributed by atoms with Crippen molar-refractivity contribution in [3.63, 3.8) is 0 Å². The zero-order chi connectivity index (χ0) is 22.6. The first kappa shape index (κ1) is 22.7. The second-order valence-corrected chi connectivity index (χ2v) is 10.6. The van der Waals surface area contributed by atoms with Crippen LogP contribution in [0.1, 0.15) is 41.6 Å². The van der Waals surface area contributed by atoms with E-state index in [1.807, 2.05) is 5.38 Å². The zero-order valence-corrected chi connectivity index (χ0v) is 19.4. The van der Waals surface area contributed by atoms with Gasteiger partial charge in [0.25, 0.3) is 5.91 Å². The van der Waals surface area contributed by atoms with Gasteiger partial charge in [-0.1, -0.05) is 6.92 Å². The highest BCUT2D eigenvalue weighted by atomic mass is 32.2. The van der Waals surface area contributed by atoms with Crippen molar-refractivity contribution in [2.45, 2.75) is 37.8 Å². The molecule has 0 saturated carbocycles. The Hall–Kier alpha value is -2.53. The summed E-state index contributed by atoms with van der Waals surface area (Å²) >= 11 is 1.39. The van der Waals surface area contributed by atoms with E-state index in [0.717, 1.165) is 31.2 Å². The van der Waals surface area contributed by atoms with Crippen LogP contribution in [0.3, 0.4) is 0 Å². The number of piperidine rings is 1. The second-order valence-electron chi connectivity index (χ2n) is 7.99. The van der Waals surface area contributed by atoms with Gasteiger partial charge in [0.15, 0.2) is 5.13 Å². The number of carbonyl (C=O) groups excluding carboxylic acids is 1. The highest BCUT2D eigenvalue weighted by molar-refractivity contribution is 7.89. The minimum absolute atomic E-state index is 0.0560. The van der Waals surface area contributed by atoms with Gasteiger partial charge in [-0.3, -0.25) is 15.0 Å². The number of benzene rings is 1. The van der Waals surface area contributed by atoms with Crippen LogP contribution < -0.4 is 10.0 Å². The molecule has 1 aliphatic rings. The lowest BCUT2D eigenvalue weighted by atomic mass is 9.99. The summed E-state index contributed by atoms with van der Waals surface area (Å²) in [6.45, 7) is 5.28.